The van der Waals surface area contributed by atoms with E-state index in [0.717, 1.165) is 0 Å². The van der Waals surface area contributed by atoms with Crippen LogP contribution in [0.25, 0.3) is 0 Å². The quantitative estimate of drug-likeness (QED) is 0.839. The lowest BCUT2D eigenvalue weighted by atomic mass is 10.1. The van der Waals surface area contributed by atoms with Gasteiger partial charge < -0.3 is 10.4 Å². The number of nitrogens with zero attached hydrogens (tertiary/aromatic N) is 2. The van der Waals surface area contributed by atoms with E-state index in [2.05, 4.69) is 15.3 Å². The van der Waals surface area contributed by atoms with Crippen LogP contribution in [-0.2, 0) is 4.79 Å². The van der Waals surface area contributed by atoms with Crippen LogP contribution in [0, 0.1) is 5.92 Å². The molecule has 1 rings (SSSR count). The molecule has 1 amide bonds. The zero-order valence-electron chi connectivity index (χ0n) is 11.7. The van der Waals surface area contributed by atoms with Crippen LogP contribution in [-0.4, -0.2) is 33.5 Å². The Kier molecular flexibility index (Phi) is 5.88. The van der Waals surface area contributed by atoms with Gasteiger partial charge in [-0.1, -0.05) is 32.4 Å². The minimum Gasteiger partial charge on any atom is -0.481 e. The van der Waals surface area contributed by atoms with Crippen molar-refractivity contribution in [2.45, 2.75) is 33.1 Å². The third-order valence-corrected chi connectivity index (χ3v) is 3.12. The van der Waals surface area contributed by atoms with Crippen LogP contribution in [0.3, 0.4) is 0 Å². The summed E-state index contributed by atoms with van der Waals surface area (Å²) in [4.78, 5) is 31.1. The maximum atomic E-state index is 12.0. The minimum atomic E-state index is -0.940. The maximum absolute atomic E-state index is 12.0. The SMILES string of the molecule is CCC(CNC(=O)c1nc(C(C)C)ncc1Cl)C(=O)O. The topological polar surface area (TPSA) is 92.2 Å². The highest BCUT2D eigenvalue weighted by atomic mass is 35.5. The number of aromatic nitrogens is 2. The summed E-state index contributed by atoms with van der Waals surface area (Å²) in [5, 5.41) is 11.6. The molecule has 1 aromatic heterocycles. The van der Waals surface area contributed by atoms with Gasteiger partial charge >= 0.3 is 5.97 Å². The van der Waals surface area contributed by atoms with E-state index in [1.54, 1.807) is 6.92 Å². The van der Waals surface area contributed by atoms with Gasteiger partial charge in [0, 0.05) is 12.5 Å². The Morgan fingerprint density at radius 1 is 1.45 bits per heavy atom. The van der Waals surface area contributed by atoms with Crippen molar-refractivity contribution < 1.29 is 14.7 Å². The predicted molar refractivity (Wildman–Crippen MR) is 74.9 cm³/mol. The molecule has 0 fully saturated rings. The van der Waals surface area contributed by atoms with Gasteiger partial charge in [0.05, 0.1) is 17.1 Å². The largest absolute Gasteiger partial charge is 0.481 e. The summed E-state index contributed by atoms with van der Waals surface area (Å²) in [5.74, 6) is -1.46. The van der Waals surface area contributed by atoms with Crippen LogP contribution in [0.2, 0.25) is 5.02 Å². The molecule has 1 atom stereocenters. The fourth-order valence-corrected chi connectivity index (χ4v) is 1.70. The second kappa shape index (κ2) is 7.19. The van der Waals surface area contributed by atoms with Crippen LogP contribution in [0.5, 0.6) is 0 Å². The Labute approximate surface area is 122 Å². The van der Waals surface area contributed by atoms with Crippen LogP contribution < -0.4 is 5.32 Å². The van der Waals surface area contributed by atoms with Crippen LogP contribution >= 0.6 is 11.6 Å². The van der Waals surface area contributed by atoms with Crippen molar-refractivity contribution in [3.05, 3.63) is 22.7 Å². The molecule has 0 aliphatic heterocycles. The number of carbonyl (C=O) groups excluding carboxylic acids is 1. The van der Waals surface area contributed by atoms with E-state index in [-0.39, 0.29) is 23.2 Å². The zero-order valence-corrected chi connectivity index (χ0v) is 12.4. The fourth-order valence-electron chi connectivity index (χ4n) is 1.52. The highest BCUT2D eigenvalue weighted by Gasteiger charge is 2.19. The molecule has 2 N–H and O–H groups in total. The van der Waals surface area contributed by atoms with Crippen molar-refractivity contribution >= 4 is 23.5 Å². The van der Waals surface area contributed by atoms with E-state index in [9.17, 15) is 9.59 Å². The predicted octanol–water partition coefficient (Wildman–Crippen LogP) is 2.09. The van der Waals surface area contributed by atoms with Gasteiger partial charge in [-0.15, -0.1) is 0 Å². The van der Waals surface area contributed by atoms with E-state index < -0.39 is 17.8 Å². The molecule has 0 radical (unpaired) electrons. The van der Waals surface area contributed by atoms with Gasteiger partial charge in [-0.2, -0.15) is 0 Å². The standard InChI is InChI=1S/C13H18ClN3O3/c1-4-8(13(19)20)5-16-12(18)10-9(14)6-15-11(17-10)7(2)3/h6-8H,4-5H2,1-3H3,(H,16,18)(H,19,20). The molecule has 0 bridgehead atoms. The number of carboxylic acids is 1. The first kappa shape index (κ1) is 16.4. The first-order valence-electron chi connectivity index (χ1n) is 6.40. The maximum Gasteiger partial charge on any atom is 0.308 e. The lowest BCUT2D eigenvalue weighted by Gasteiger charge is -2.12. The molecule has 20 heavy (non-hydrogen) atoms. The molecule has 1 aromatic rings. The normalized spacial score (nSPS) is 12.2. The number of halogens is 1. The smallest absolute Gasteiger partial charge is 0.308 e. The van der Waals surface area contributed by atoms with Crippen molar-refractivity contribution in [2.75, 3.05) is 6.54 Å². The number of rotatable bonds is 6. The molecule has 6 nitrogen and oxygen atoms in total. The minimum absolute atomic E-state index is 0.0437. The van der Waals surface area contributed by atoms with Gasteiger partial charge in [-0.05, 0) is 6.42 Å². The van der Waals surface area contributed by atoms with Crippen LogP contribution in [0.15, 0.2) is 6.20 Å². The first-order valence-corrected chi connectivity index (χ1v) is 6.78. The number of carbonyl (C=O) groups is 2. The Morgan fingerprint density at radius 2 is 2.10 bits per heavy atom. The number of aliphatic carboxylic acids is 1. The van der Waals surface area contributed by atoms with Crippen molar-refractivity contribution in [1.82, 2.24) is 15.3 Å². The van der Waals surface area contributed by atoms with Gasteiger partial charge in [-0.3, -0.25) is 9.59 Å². The molecule has 0 saturated heterocycles. The fraction of sp³-hybridized carbons (Fsp3) is 0.538. The van der Waals surface area contributed by atoms with Crippen molar-refractivity contribution in [3.8, 4) is 0 Å². The molecular weight excluding hydrogens is 282 g/mol. The molecule has 0 aliphatic carbocycles. The Balaban J connectivity index is 2.82. The molecule has 7 heteroatoms. The highest BCUT2D eigenvalue weighted by molar-refractivity contribution is 6.33. The summed E-state index contributed by atoms with van der Waals surface area (Å²) in [6, 6.07) is 0. The molecule has 0 aliphatic rings. The molecule has 0 saturated carbocycles. The number of nitrogens with one attached hydrogen (secondary N) is 1. The number of hydrogen-bond donors (Lipinski definition) is 2. The van der Waals surface area contributed by atoms with Crippen molar-refractivity contribution in [2.24, 2.45) is 5.92 Å². The van der Waals surface area contributed by atoms with Crippen LogP contribution in [0.1, 0.15) is 49.4 Å². The van der Waals surface area contributed by atoms with Gasteiger partial charge in [0.25, 0.3) is 5.91 Å². The molecule has 0 spiro atoms. The monoisotopic (exact) mass is 299 g/mol. The first-order chi connectivity index (χ1) is 9.36. The third kappa shape index (κ3) is 4.16. The van der Waals surface area contributed by atoms with Gasteiger partial charge in [-0.25, -0.2) is 9.97 Å². The third-order valence-electron chi connectivity index (χ3n) is 2.85. The summed E-state index contributed by atoms with van der Waals surface area (Å²) < 4.78 is 0. The average molecular weight is 300 g/mol. The molecule has 1 unspecified atom stereocenters. The number of hydrogen-bond acceptors (Lipinski definition) is 4. The van der Waals surface area contributed by atoms with Gasteiger partial charge in [0.1, 0.15) is 11.5 Å². The number of amides is 1. The average Bonchev–Trinajstić information content (AvgIpc) is 2.38. The second-order valence-electron chi connectivity index (χ2n) is 4.73. The van der Waals surface area contributed by atoms with E-state index in [1.165, 1.54) is 6.20 Å². The number of carboxylic acid groups (broad SMARTS) is 1. The lowest BCUT2D eigenvalue weighted by molar-refractivity contribution is -0.141. The van der Waals surface area contributed by atoms with E-state index >= 15 is 0 Å². The van der Waals surface area contributed by atoms with E-state index in [0.29, 0.717) is 12.2 Å². The summed E-state index contributed by atoms with van der Waals surface area (Å²) in [7, 11) is 0. The lowest BCUT2D eigenvalue weighted by Crippen LogP contribution is -2.33. The Morgan fingerprint density at radius 3 is 2.60 bits per heavy atom. The summed E-state index contributed by atoms with van der Waals surface area (Å²) in [5.41, 5.74) is 0.0746. The zero-order chi connectivity index (χ0) is 15.3. The van der Waals surface area contributed by atoms with Crippen molar-refractivity contribution in [1.29, 1.82) is 0 Å². The summed E-state index contributed by atoms with van der Waals surface area (Å²) >= 11 is 5.91. The highest BCUT2D eigenvalue weighted by Crippen LogP contribution is 2.16. The molecule has 110 valence electrons. The van der Waals surface area contributed by atoms with E-state index in [1.807, 2.05) is 13.8 Å². The van der Waals surface area contributed by atoms with Crippen LogP contribution in [0.4, 0.5) is 0 Å². The van der Waals surface area contributed by atoms with Gasteiger partial charge in [0.15, 0.2) is 0 Å². The molecule has 1 heterocycles. The second-order valence-corrected chi connectivity index (χ2v) is 5.14. The Bertz CT molecular complexity index is 506. The Hall–Kier alpha value is -1.69. The van der Waals surface area contributed by atoms with E-state index in [4.69, 9.17) is 16.7 Å². The molecule has 0 aromatic carbocycles. The molecular formula is C13H18ClN3O3. The summed E-state index contributed by atoms with van der Waals surface area (Å²) in [6.45, 7) is 5.60. The summed E-state index contributed by atoms with van der Waals surface area (Å²) in [6.07, 6.45) is 1.82. The van der Waals surface area contributed by atoms with Crippen molar-refractivity contribution in [3.63, 3.8) is 0 Å². The van der Waals surface area contributed by atoms with Gasteiger partial charge in [0.2, 0.25) is 0 Å².